The minimum atomic E-state index is -0.249. The van der Waals surface area contributed by atoms with Crippen molar-refractivity contribution in [1.29, 1.82) is 0 Å². The van der Waals surface area contributed by atoms with E-state index in [1.807, 2.05) is 23.1 Å². The third-order valence-corrected chi connectivity index (χ3v) is 5.42. The lowest BCUT2D eigenvalue weighted by atomic mass is 10.1. The summed E-state index contributed by atoms with van der Waals surface area (Å²) < 4.78 is 13.0. The second-order valence-corrected chi connectivity index (χ2v) is 7.51. The molecule has 1 saturated heterocycles. The van der Waals surface area contributed by atoms with Crippen LogP contribution < -0.4 is 0 Å². The van der Waals surface area contributed by atoms with Gasteiger partial charge in [0.2, 0.25) is 5.91 Å². The number of rotatable bonds is 4. The van der Waals surface area contributed by atoms with Gasteiger partial charge in [-0.3, -0.25) is 4.79 Å². The third kappa shape index (κ3) is 5.10. The van der Waals surface area contributed by atoms with E-state index in [1.54, 1.807) is 24.3 Å². The molecule has 1 heterocycles. The molecule has 0 unspecified atom stereocenters. The summed E-state index contributed by atoms with van der Waals surface area (Å²) in [5.41, 5.74) is 0.815. The van der Waals surface area contributed by atoms with E-state index >= 15 is 0 Å². The van der Waals surface area contributed by atoms with Gasteiger partial charge in [-0.15, -0.1) is 0 Å². The molecule has 0 aromatic heterocycles. The van der Waals surface area contributed by atoms with Crippen molar-refractivity contribution in [3.63, 3.8) is 0 Å². The molecule has 0 saturated carbocycles. The molecule has 1 aliphatic rings. The maximum atomic E-state index is 13.0. The molecule has 0 aliphatic carbocycles. The zero-order valence-electron chi connectivity index (χ0n) is 13.8. The monoisotopic (exact) mass is 375 g/mol. The molecule has 0 atom stereocenters. The van der Waals surface area contributed by atoms with Gasteiger partial charge in [0, 0.05) is 34.0 Å². The van der Waals surface area contributed by atoms with E-state index in [4.69, 9.17) is 11.6 Å². The van der Waals surface area contributed by atoms with Gasteiger partial charge in [-0.25, -0.2) is 4.39 Å². The van der Waals surface area contributed by atoms with Crippen molar-refractivity contribution >= 4 is 35.3 Å². The summed E-state index contributed by atoms with van der Waals surface area (Å²) in [7, 11) is 0. The number of benzene rings is 2. The molecule has 0 spiro atoms. The maximum absolute atomic E-state index is 13.0. The molecule has 25 heavy (non-hydrogen) atoms. The smallest absolute Gasteiger partial charge is 0.246 e. The summed E-state index contributed by atoms with van der Waals surface area (Å²) >= 11 is 7.86. The first-order valence-electron chi connectivity index (χ1n) is 8.32. The van der Waals surface area contributed by atoms with E-state index in [9.17, 15) is 9.18 Å². The predicted octanol–water partition coefficient (Wildman–Crippen LogP) is 5.66. The van der Waals surface area contributed by atoms with Gasteiger partial charge in [0.25, 0.3) is 0 Å². The minimum Gasteiger partial charge on any atom is -0.339 e. The molecule has 0 bridgehead atoms. The van der Waals surface area contributed by atoms with Crippen LogP contribution in [0.15, 0.2) is 58.3 Å². The average Bonchev–Trinajstić information content (AvgIpc) is 2.63. The molecule has 1 fully saturated rings. The molecule has 1 aliphatic heterocycles. The number of hydrogen-bond acceptors (Lipinski definition) is 2. The Kier molecular flexibility index (Phi) is 6.16. The molecule has 3 rings (SSSR count). The first kappa shape index (κ1) is 18.0. The zero-order chi connectivity index (χ0) is 17.6. The zero-order valence-corrected chi connectivity index (χ0v) is 15.3. The van der Waals surface area contributed by atoms with Crippen LogP contribution in [0.5, 0.6) is 0 Å². The lowest BCUT2D eigenvalue weighted by Crippen LogP contribution is -2.34. The van der Waals surface area contributed by atoms with Gasteiger partial charge in [-0.05, 0) is 67.3 Å². The van der Waals surface area contributed by atoms with E-state index in [0.717, 1.165) is 41.3 Å². The van der Waals surface area contributed by atoms with Gasteiger partial charge in [-0.2, -0.15) is 0 Å². The Hall–Kier alpha value is -1.78. The number of piperidine rings is 1. The Morgan fingerprint density at radius 1 is 1.04 bits per heavy atom. The molecular formula is C20H19ClFNOS. The molecule has 0 N–H and O–H groups in total. The van der Waals surface area contributed by atoms with E-state index in [2.05, 4.69) is 0 Å². The van der Waals surface area contributed by atoms with E-state index in [1.165, 1.54) is 30.3 Å². The fraction of sp³-hybridized carbons (Fsp3) is 0.250. The van der Waals surface area contributed by atoms with Gasteiger partial charge in [-0.1, -0.05) is 29.4 Å². The largest absolute Gasteiger partial charge is 0.339 e. The molecule has 2 aromatic carbocycles. The Labute approximate surface area is 156 Å². The van der Waals surface area contributed by atoms with Crippen LogP contribution in [-0.2, 0) is 4.79 Å². The van der Waals surface area contributed by atoms with Gasteiger partial charge < -0.3 is 4.90 Å². The normalized spacial score (nSPS) is 14.9. The number of carbonyl (C=O) groups is 1. The number of halogens is 2. The highest BCUT2D eigenvalue weighted by atomic mass is 35.5. The molecular weight excluding hydrogens is 357 g/mol. The van der Waals surface area contributed by atoms with Crippen molar-refractivity contribution in [1.82, 2.24) is 4.90 Å². The summed E-state index contributed by atoms with van der Waals surface area (Å²) in [4.78, 5) is 16.0. The number of nitrogens with zero attached hydrogens (tertiary/aromatic N) is 1. The lowest BCUT2D eigenvalue weighted by molar-refractivity contribution is -0.126. The summed E-state index contributed by atoms with van der Waals surface area (Å²) in [6.45, 7) is 1.67. The summed E-state index contributed by atoms with van der Waals surface area (Å²) in [5.74, 6) is -0.207. The first-order chi connectivity index (χ1) is 12.1. The number of amides is 1. The van der Waals surface area contributed by atoms with Crippen molar-refractivity contribution in [2.45, 2.75) is 29.1 Å². The van der Waals surface area contributed by atoms with E-state index in [0.29, 0.717) is 5.02 Å². The molecule has 130 valence electrons. The fourth-order valence-corrected chi connectivity index (χ4v) is 3.89. The second-order valence-electron chi connectivity index (χ2n) is 5.96. The second kappa shape index (κ2) is 8.54. The molecule has 1 amide bonds. The fourth-order valence-electron chi connectivity index (χ4n) is 2.73. The predicted molar refractivity (Wildman–Crippen MR) is 101 cm³/mol. The summed E-state index contributed by atoms with van der Waals surface area (Å²) in [6, 6.07) is 12.1. The highest BCUT2D eigenvalue weighted by Crippen LogP contribution is 2.31. The van der Waals surface area contributed by atoms with Crippen LogP contribution in [0.4, 0.5) is 4.39 Å². The van der Waals surface area contributed by atoms with Crippen LogP contribution in [0.1, 0.15) is 24.8 Å². The highest BCUT2D eigenvalue weighted by Gasteiger charge is 2.13. The standard InChI is InChI=1S/C20H19ClFNOS/c21-19-14-18(25-17-9-6-16(22)7-10-17)8-4-15(19)5-11-20(24)23-12-2-1-3-13-23/h4-11,14H,1-3,12-13H2/b11-5+. The van der Waals surface area contributed by atoms with Crippen molar-refractivity contribution in [3.8, 4) is 0 Å². The Bertz CT molecular complexity index is 770. The van der Waals surface area contributed by atoms with Crippen molar-refractivity contribution in [2.24, 2.45) is 0 Å². The first-order valence-corrected chi connectivity index (χ1v) is 9.51. The molecule has 5 heteroatoms. The van der Waals surface area contributed by atoms with E-state index < -0.39 is 0 Å². The Morgan fingerprint density at radius 2 is 1.72 bits per heavy atom. The van der Waals surface area contributed by atoms with Crippen LogP contribution in [0.25, 0.3) is 6.08 Å². The molecule has 0 radical (unpaired) electrons. The third-order valence-electron chi connectivity index (χ3n) is 4.09. The van der Waals surface area contributed by atoms with Crippen molar-refractivity contribution in [3.05, 3.63) is 64.9 Å². The highest BCUT2D eigenvalue weighted by molar-refractivity contribution is 7.99. The summed E-state index contributed by atoms with van der Waals surface area (Å²) in [6.07, 6.45) is 6.72. The Morgan fingerprint density at radius 3 is 2.40 bits per heavy atom. The van der Waals surface area contributed by atoms with E-state index in [-0.39, 0.29) is 11.7 Å². The Balaban J connectivity index is 1.65. The van der Waals surface area contributed by atoms with Crippen molar-refractivity contribution < 1.29 is 9.18 Å². The SMILES string of the molecule is O=C(/C=C/c1ccc(Sc2ccc(F)cc2)cc1Cl)N1CCCCC1. The van der Waals surface area contributed by atoms with Gasteiger partial charge in [0.15, 0.2) is 0 Å². The van der Waals surface area contributed by atoms with Gasteiger partial charge in [0.05, 0.1) is 0 Å². The molecule has 2 nitrogen and oxygen atoms in total. The van der Waals surface area contributed by atoms with Crippen LogP contribution in [-0.4, -0.2) is 23.9 Å². The van der Waals surface area contributed by atoms with Crippen molar-refractivity contribution in [2.75, 3.05) is 13.1 Å². The van der Waals surface area contributed by atoms with Crippen LogP contribution >= 0.6 is 23.4 Å². The quantitative estimate of drug-likeness (QED) is 0.643. The van der Waals surface area contributed by atoms with Gasteiger partial charge >= 0.3 is 0 Å². The van der Waals surface area contributed by atoms with Crippen LogP contribution in [0.3, 0.4) is 0 Å². The number of hydrogen-bond donors (Lipinski definition) is 0. The summed E-state index contributed by atoms with van der Waals surface area (Å²) in [5, 5.41) is 0.592. The average molecular weight is 376 g/mol. The van der Waals surface area contributed by atoms with Crippen LogP contribution in [0, 0.1) is 5.82 Å². The number of carbonyl (C=O) groups excluding carboxylic acids is 1. The van der Waals surface area contributed by atoms with Crippen LogP contribution in [0.2, 0.25) is 5.02 Å². The topological polar surface area (TPSA) is 20.3 Å². The lowest BCUT2D eigenvalue weighted by Gasteiger charge is -2.25. The minimum absolute atomic E-state index is 0.0422. The number of likely N-dealkylation sites (tertiary alicyclic amines) is 1. The van der Waals surface area contributed by atoms with Gasteiger partial charge in [0.1, 0.15) is 5.82 Å². The molecule has 2 aromatic rings. The maximum Gasteiger partial charge on any atom is 0.246 e.